The summed E-state index contributed by atoms with van der Waals surface area (Å²) < 4.78 is 9.61. The van der Waals surface area contributed by atoms with Crippen LogP contribution in [0, 0.1) is 0 Å². The molecule has 0 aliphatic carbocycles. The third-order valence-corrected chi connectivity index (χ3v) is 6.17. The number of ketones is 1. The van der Waals surface area contributed by atoms with Crippen LogP contribution in [-0.4, -0.2) is 153 Å². The van der Waals surface area contributed by atoms with Gasteiger partial charge in [-0.25, -0.2) is 0 Å². The maximum absolute atomic E-state index is 12.7. The van der Waals surface area contributed by atoms with Gasteiger partial charge in [-0.3, -0.25) is 43.6 Å². The van der Waals surface area contributed by atoms with E-state index in [1.807, 2.05) is 14.7 Å². The van der Waals surface area contributed by atoms with Gasteiger partial charge in [-0.1, -0.05) is 6.92 Å². The van der Waals surface area contributed by atoms with Crippen molar-refractivity contribution in [2.75, 3.05) is 92.8 Å². The molecule has 0 bridgehead atoms. The standard InChI is InChI=1S/C23H41N5O8/c1-5-19(29)14-24-23(34)18(2)28-12-10-25(15-20(30)31)6-7-26(16-21(32)35-3)8-9-27(11-13-28)17-22(33)36-4/h18H,5-17H2,1-4H3,(H,24,34)(H,30,31). The Morgan fingerprint density at radius 1 is 0.778 bits per heavy atom. The van der Waals surface area contributed by atoms with E-state index in [2.05, 4.69) is 5.32 Å². The van der Waals surface area contributed by atoms with Crippen LogP contribution in [0.4, 0.5) is 0 Å². The number of carboxylic acids is 1. The lowest BCUT2D eigenvalue weighted by Gasteiger charge is -2.35. The number of rotatable bonds is 11. The van der Waals surface area contributed by atoms with Crippen molar-refractivity contribution in [3.63, 3.8) is 0 Å². The van der Waals surface area contributed by atoms with E-state index in [4.69, 9.17) is 9.47 Å². The Labute approximate surface area is 212 Å². The highest BCUT2D eigenvalue weighted by Crippen LogP contribution is 2.05. The molecule has 0 aromatic heterocycles. The van der Waals surface area contributed by atoms with Crippen molar-refractivity contribution in [1.82, 2.24) is 24.9 Å². The van der Waals surface area contributed by atoms with E-state index in [1.165, 1.54) is 14.2 Å². The van der Waals surface area contributed by atoms with Gasteiger partial charge in [0.15, 0.2) is 5.78 Å². The van der Waals surface area contributed by atoms with Gasteiger partial charge in [0, 0.05) is 58.8 Å². The molecule has 1 saturated heterocycles. The SMILES string of the molecule is CCC(=O)CNC(=O)C(C)N1CCN(CC(=O)O)CCN(CC(=O)OC)CCN(CC(=O)OC)CC1. The molecule has 13 heteroatoms. The van der Waals surface area contributed by atoms with Crippen LogP contribution in [0.1, 0.15) is 20.3 Å². The number of carbonyl (C=O) groups excluding carboxylic acids is 4. The highest BCUT2D eigenvalue weighted by Gasteiger charge is 2.25. The Kier molecular flexibility index (Phi) is 14.8. The molecule has 206 valence electrons. The number of ether oxygens (including phenoxy) is 2. The van der Waals surface area contributed by atoms with Crippen molar-refractivity contribution >= 4 is 29.6 Å². The Morgan fingerprint density at radius 3 is 1.58 bits per heavy atom. The first-order valence-corrected chi connectivity index (χ1v) is 12.2. The summed E-state index contributed by atoms with van der Waals surface area (Å²) >= 11 is 0. The minimum atomic E-state index is -0.971. The first-order chi connectivity index (χ1) is 17.1. The van der Waals surface area contributed by atoms with Crippen LogP contribution < -0.4 is 5.32 Å². The molecule has 0 saturated carbocycles. The summed E-state index contributed by atoms with van der Waals surface area (Å²) in [5.41, 5.74) is 0. The van der Waals surface area contributed by atoms with Crippen LogP contribution >= 0.6 is 0 Å². The lowest BCUT2D eigenvalue weighted by Crippen LogP contribution is -2.53. The number of carbonyl (C=O) groups is 5. The average molecular weight is 516 g/mol. The molecule has 0 aromatic rings. The van der Waals surface area contributed by atoms with Gasteiger partial charge in [0.05, 0.1) is 46.4 Å². The Morgan fingerprint density at radius 2 is 1.19 bits per heavy atom. The van der Waals surface area contributed by atoms with Gasteiger partial charge in [0.2, 0.25) is 5.91 Å². The second-order valence-corrected chi connectivity index (χ2v) is 8.70. The Hall–Kier alpha value is -2.61. The third kappa shape index (κ3) is 12.4. The Balaban J connectivity index is 3.06. The van der Waals surface area contributed by atoms with Gasteiger partial charge in [-0.05, 0) is 6.92 Å². The first-order valence-electron chi connectivity index (χ1n) is 12.2. The minimum absolute atomic E-state index is 0.0385. The topological polar surface area (TPSA) is 149 Å². The number of nitrogens with one attached hydrogen (secondary N) is 1. The number of carboxylic acid groups (broad SMARTS) is 1. The molecule has 1 rings (SSSR count). The molecule has 1 fully saturated rings. The van der Waals surface area contributed by atoms with Crippen molar-refractivity contribution in [3.05, 3.63) is 0 Å². The second-order valence-electron chi connectivity index (χ2n) is 8.70. The van der Waals surface area contributed by atoms with Gasteiger partial charge in [0.1, 0.15) is 0 Å². The maximum Gasteiger partial charge on any atom is 0.319 e. The molecule has 1 amide bonds. The predicted octanol–water partition coefficient (Wildman–Crippen LogP) is -1.88. The van der Waals surface area contributed by atoms with Crippen molar-refractivity contribution in [2.45, 2.75) is 26.3 Å². The van der Waals surface area contributed by atoms with Crippen molar-refractivity contribution < 1.29 is 38.6 Å². The summed E-state index contributed by atoms with van der Waals surface area (Å²) in [6.07, 6.45) is 0.331. The van der Waals surface area contributed by atoms with Gasteiger partial charge in [0.25, 0.3) is 0 Å². The van der Waals surface area contributed by atoms with Gasteiger partial charge < -0.3 is 19.9 Å². The summed E-state index contributed by atoms with van der Waals surface area (Å²) in [4.78, 5) is 67.1. The molecule has 0 radical (unpaired) electrons. The summed E-state index contributed by atoms with van der Waals surface area (Å²) in [5.74, 6) is -2.14. The molecule has 1 aliphatic heterocycles. The summed E-state index contributed by atoms with van der Waals surface area (Å²) in [6, 6.07) is -0.569. The van der Waals surface area contributed by atoms with Crippen LogP contribution in [0.2, 0.25) is 0 Å². The van der Waals surface area contributed by atoms with Crippen LogP contribution in [-0.2, 0) is 33.4 Å². The van der Waals surface area contributed by atoms with Gasteiger partial charge >= 0.3 is 17.9 Å². The van der Waals surface area contributed by atoms with E-state index >= 15 is 0 Å². The van der Waals surface area contributed by atoms with E-state index in [9.17, 15) is 29.1 Å². The number of hydrogen-bond donors (Lipinski definition) is 2. The van der Waals surface area contributed by atoms with Crippen LogP contribution in [0.15, 0.2) is 0 Å². The molecule has 0 spiro atoms. The molecule has 1 unspecified atom stereocenters. The summed E-state index contributed by atoms with van der Waals surface area (Å²) in [5, 5.41) is 12.0. The molecule has 1 aliphatic rings. The number of Topliss-reactive ketones (excluding diaryl/α,β-unsaturated/α-hetero) is 1. The highest BCUT2D eigenvalue weighted by molar-refractivity contribution is 5.88. The van der Waals surface area contributed by atoms with Gasteiger partial charge in [-0.2, -0.15) is 0 Å². The number of methoxy groups -OCH3 is 2. The lowest BCUT2D eigenvalue weighted by atomic mass is 10.2. The predicted molar refractivity (Wildman–Crippen MR) is 130 cm³/mol. The molecule has 0 aromatic carbocycles. The zero-order valence-corrected chi connectivity index (χ0v) is 21.9. The zero-order chi connectivity index (χ0) is 27.1. The maximum atomic E-state index is 12.7. The molecule has 1 atom stereocenters. The third-order valence-electron chi connectivity index (χ3n) is 6.17. The highest BCUT2D eigenvalue weighted by atomic mass is 16.5. The van der Waals surface area contributed by atoms with E-state index in [0.717, 1.165) is 0 Å². The second kappa shape index (κ2) is 17.0. The van der Waals surface area contributed by atoms with Crippen LogP contribution in [0.5, 0.6) is 0 Å². The van der Waals surface area contributed by atoms with Crippen molar-refractivity contribution in [1.29, 1.82) is 0 Å². The Bertz CT molecular complexity index is 750. The lowest BCUT2D eigenvalue weighted by molar-refractivity contribution is -0.144. The molecule has 1 heterocycles. The summed E-state index contributed by atoms with van der Waals surface area (Å²) in [6.45, 7) is 6.68. The van der Waals surface area contributed by atoms with E-state index in [-0.39, 0.29) is 37.9 Å². The van der Waals surface area contributed by atoms with Crippen molar-refractivity contribution in [2.24, 2.45) is 0 Å². The number of nitrogens with zero attached hydrogens (tertiary/aromatic N) is 4. The normalized spacial score (nSPS) is 18.3. The van der Waals surface area contributed by atoms with E-state index in [1.54, 1.807) is 18.7 Å². The average Bonchev–Trinajstić information content (AvgIpc) is 2.85. The van der Waals surface area contributed by atoms with Gasteiger partial charge in [-0.15, -0.1) is 0 Å². The van der Waals surface area contributed by atoms with Crippen LogP contribution in [0.3, 0.4) is 0 Å². The monoisotopic (exact) mass is 515 g/mol. The summed E-state index contributed by atoms with van der Waals surface area (Å²) in [7, 11) is 2.62. The number of hydrogen-bond acceptors (Lipinski definition) is 11. The van der Waals surface area contributed by atoms with Crippen molar-refractivity contribution in [3.8, 4) is 0 Å². The molecular formula is C23H41N5O8. The minimum Gasteiger partial charge on any atom is -0.480 e. The fraction of sp³-hybridized carbons (Fsp3) is 0.783. The smallest absolute Gasteiger partial charge is 0.319 e. The molecule has 36 heavy (non-hydrogen) atoms. The number of amides is 1. The zero-order valence-electron chi connectivity index (χ0n) is 21.9. The quantitative estimate of drug-likeness (QED) is 0.297. The molecule has 2 N–H and O–H groups in total. The molecular weight excluding hydrogens is 474 g/mol. The number of aliphatic carboxylic acids is 1. The van der Waals surface area contributed by atoms with E-state index < -0.39 is 23.9 Å². The largest absolute Gasteiger partial charge is 0.480 e. The number of esters is 2. The van der Waals surface area contributed by atoms with E-state index in [0.29, 0.717) is 58.8 Å². The van der Waals surface area contributed by atoms with Crippen LogP contribution in [0.25, 0.3) is 0 Å². The molecule has 13 nitrogen and oxygen atoms in total. The first kappa shape index (κ1) is 31.4. The fourth-order valence-electron chi connectivity index (χ4n) is 3.72. The fourth-order valence-corrected chi connectivity index (χ4v) is 3.72.